The standard InChI is InChI=1S/C29H39Cl2N3O4/c1-29(2,3)28(36)38-20-34-25-19-22(11-9-21(25)10-12-26(34)35)37-18-5-4-13-32-14-16-33(17-15-32)24-8-6-7-23(30)27(24)31/h6-9,11,19,28,36H,4-5,10,12-18,20H2,1-3H3. The summed E-state index contributed by atoms with van der Waals surface area (Å²) in [5.74, 6) is 0.736. The van der Waals surface area contributed by atoms with Crippen molar-refractivity contribution in [3.05, 3.63) is 52.0 Å². The van der Waals surface area contributed by atoms with Gasteiger partial charge in [0.05, 0.1) is 28.0 Å². The molecule has 0 radical (unpaired) electrons. The van der Waals surface area contributed by atoms with Crippen molar-refractivity contribution in [1.82, 2.24) is 4.90 Å². The van der Waals surface area contributed by atoms with E-state index >= 15 is 0 Å². The number of amides is 1. The summed E-state index contributed by atoms with van der Waals surface area (Å²) in [6.45, 7) is 11.2. The normalized spacial score (nSPS) is 17.5. The Hall–Kier alpha value is -2.03. The van der Waals surface area contributed by atoms with E-state index in [2.05, 4.69) is 9.80 Å². The number of unbranched alkanes of at least 4 members (excludes halogenated alkanes) is 1. The zero-order valence-electron chi connectivity index (χ0n) is 22.6. The van der Waals surface area contributed by atoms with E-state index in [4.69, 9.17) is 32.7 Å². The van der Waals surface area contributed by atoms with E-state index in [-0.39, 0.29) is 12.6 Å². The first kappa shape index (κ1) is 29.0. The Labute approximate surface area is 236 Å². The van der Waals surface area contributed by atoms with Crippen LogP contribution in [0.25, 0.3) is 0 Å². The monoisotopic (exact) mass is 563 g/mol. The van der Waals surface area contributed by atoms with Gasteiger partial charge in [-0.3, -0.25) is 14.6 Å². The van der Waals surface area contributed by atoms with E-state index in [0.717, 1.165) is 68.3 Å². The smallest absolute Gasteiger partial charge is 0.229 e. The number of hydrogen-bond acceptors (Lipinski definition) is 6. The fraction of sp³-hybridized carbons (Fsp3) is 0.552. The number of aryl methyl sites for hydroxylation is 1. The maximum absolute atomic E-state index is 12.6. The van der Waals surface area contributed by atoms with Crippen LogP contribution in [0, 0.1) is 5.41 Å². The fourth-order valence-corrected chi connectivity index (χ4v) is 5.14. The topological polar surface area (TPSA) is 65.5 Å². The summed E-state index contributed by atoms with van der Waals surface area (Å²) in [5, 5.41) is 11.5. The van der Waals surface area contributed by atoms with Gasteiger partial charge in [0.25, 0.3) is 0 Å². The maximum atomic E-state index is 12.6. The SMILES string of the molecule is CC(C)(C)C(O)OCN1C(=O)CCc2ccc(OCCCCN3CCN(c4cccc(Cl)c4Cl)CC3)cc21. The van der Waals surface area contributed by atoms with Crippen LogP contribution in [0.15, 0.2) is 36.4 Å². The van der Waals surface area contributed by atoms with Crippen molar-refractivity contribution in [1.29, 1.82) is 0 Å². The Morgan fingerprint density at radius 1 is 1.00 bits per heavy atom. The van der Waals surface area contributed by atoms with Gasteiger partial charge >= 0.3 is 0 Å². The number of ether oxygens (including phenoxy) is 2. The minimum atomic E-state index is -0.960. The van der Waals surface area contributed by atoms with E-state index in [0.29, 0.717) is 29.5 Å². The number of anilines is 2. The Morgan fingerprint density at radius 2 is 1.76 bits per heavy atom. The third-order valence-corrected chi connectivity index (χ3v) is 7.95. The van der Waals surface area contributed by atoms with Crippen molar-refractivity contribution < 1.29 is 19.4 Å². The third kappa shape index (κ3) is 7.33. The third-order valence-electron chi connectivity index (χ3n) is 7.14. The van der Waals surface area contributed by atoms with Gasteiger partial charge in [0.2, 0.25) is 5.91 Å². The minimum Gasteiger partial charge on any atom is -0.494 e. The minimum absolute atomic E-state index is 0.00603. The van der Waals surface area contributed by atoms with Crippen molar-refractivity contribution in [2.24, 2.45) is 5.41 Å². The molecule has 0 spiro atoms. The van der Waals surface area contributed by atoms with E-state index in [9.17, 15) is 9.90 Å². The summed E-state index contributed by atoms with van der Waals surface area (Å²) in [7, 11) is 0. The van der Waals surface area contributed by atoms with Crippen LogP contribution in [0.3, 0.4) is 0 Å². The number of aliphatic hydroxyl groups is 1. The summed E-state index contributed by atoms with van der Waals surface area (Å²) >= 11 is 12.6. The summed E-state index contributed by atoms with van der Waals surface area (Å²) in [6, 6.07) is 11.7. The van der Waals surface area contributed by atoms with Crippen LogP contribution < -0.4 is 14.5 Å². The molecule has 0 saturated carbocycles. The number of hydrogen-bond donors (Lipinski definition) is 1. The molecular weight excluding hydrogens is 525 g/mol. The molecule has 0 aliphatic carbocycles. The molecule has 1 fully saturated rings. The molecule has 7 nitrogen and oxygen atoms in total. The second-order valence-electron chi connectivity index (χ2n) is 11.1. The summed E-state index contributed by atoms with van der Waals surface area (Å²) in [5.41, 5.74) is 2.47. The molecule has 38 heavy (non-hydrogen) atoms. The van der Waals surface area contributed by atoms with Crippen LogP contribution in [0.4, 0.5) is 11.4 Å². The molecule has 2 aliphatic rings. The zero-order valence-corrected chi connectivity index (χ0v) is 24.1. The summed E-state index contributed by atoms with van der Waals surface area (Å²) < 4.78 is 11.7. The van der Waals surface area contributed by atoms with E-state index in [1.165, 1.54) is 0 Å². The Morgan fingerprint density at radius 3 is 2.50 bits per heavy atom. The van der Waals surface area contributed by atoms with Gasteiger partial charge in [-0.15, -0.1) is 0 Å². The van der Waals surface area contributed by atoms with E-state index in [1.54, 1.807) is 4.90 Å². The van der Waals surface area contributed by atoms with Gasteiger partial charge < -0.3 is 19.5 Å². The lowest BCUT2D eigenvalue weighted by atomic mass is 9.96. The number of rotatable bonds is 10. The molecule has 4 rings (SSSR count). The molecule has 2 heterocycles. The second-order valence-corrected chi connectivity index (χ2v) is 11.9. The van der Waals surface area contributed by atoms with Crippen molar-refractivity contribution >= 4 is 40.5 Å². The highest BCUT2D eigenvalue weighted by Crippen LogP contribution is 2.34. The molecule has 0 aromatic heterocycles. The molecule has 1 atom stereocenters. The number of carbonyl (C=O) groups excluding carboxylic acids is 1. The van der Waals surface area contributed by atoms with Crippen molar-refractivity contribution in [3.63, 3.8) is 0 Å². The molecule has 1 N–H and O–H groups in total. The molecular formula is C29H39Cl2N3O4. The molecule has 0 bridgehead atoms. The van der Waals surface area contributed by atoms with Gasteiger partial charge in [-0.05, 0) is 49.6 Å². The average molecular weight is 565 g/mol. The number of piperazine rings is 1. The number of benzene rings is 2. The quantitative estimate of drug-likeness (QED) is 0.300. The predicted molar refractivity (Wildman–Crippen MR) is 154 cm³/mol. The molecule has 208 valence electrons. The largest absolute Gasteiger partial charge is 0.494 e. The van der Waals surface area contributed by atoms with E-state index < -0.39 is 11.7 Å². The van der Waals surface area contributed by atoms with Gasteiger partial charge in [-0.2, -0.15) is 0 Å². The first-order chi connectivity index (χ1) is 18.1. The first-order valence-corrected chi connectivity index (χ1v) is 14.2. The first-order valence-electron chi connectivity index (χ1n) is 13.4. The van der Waals surface area contributed by atoms with Crippen LogP contribution in [0.2, 0.25) is 10.0 Å². The molecule has 2 aliphatic heterocycles. The molecule has 1 amide bonds. The van der Waals surface area contributed by atoms with Crippen molar-refractivity contribution in [2.75, 3.05) is 55.9 Å². The highest BCUT2D eigenvalue weighted by Gasteiger charge is 2.28. The second kappa shape index (κ2) is 12.9. The van der Waals surface area contributed by atoms with Gasteiger partial charge in [0, 0.05) is 44.1 Å². The van der Waals surface area contributed by atoms with Crippen LogP contribution >= 0.6 is 23.2 Å². The number of carbonyl (C=O) groups is 1. The average Bonchev–Trinajstić information content (AvgIpc) is 2.89. The Kier molecular flexibility index (Phi) is 9.82. The lowest BCUT2D eigenvalue weighted by Gasteiger charge is -2.36. The highest BCUT2D eigenvalue weighted by atomic mass is 35.5. The van der Waals surface area contributed by atoms with Gasteiger partial charge in [-0.1, -0.05) is 56.1 Å². The Bertz CT molecular complexity index is 1100. The summed E-state index contributed by atoms with van der Waals surface area (Å²) in [6.07, 6.45) is 2.16. The predicted octanol–water partition coefficient (Wildman–Crippen LogP) is 5.59. The number of halogens is 2. The fourth-order valence-electron chi connectivity index (χ4n) is 4.72. The molecule has 1 unspecified atom stereocenters. The van der Waals surface area contributed by atoms with Crippen molar-refractivity contribution in [2.45, 2.75) is 52.7 Å². The number of fused-ring (bicyclic) bond motifs is 1. The maximum Gasteiger partial charge on any atom is 0.229 e. The molecule has 2 aromatic carbocycles. The van der Waals surface area contributed by atoms with Gasteiger partial charge in [-0.25, -0.2) is 0 Å². The van der Waals surface area contributed by atoms with Gasteiger partial charge in [0.1, 0.15) is 12.5 Å². The van der Waals surface area contributed by atoms with Gasteiger partial charge in [0.15, 0.2) is 6.29 Å². The van der Waals surface area contributed by atoms with Crippen LogP contribution in [-0.2, 0) is 16.0 Å². The number of nitrogens with zero attached hydrogens (tertiary/aromatic N) is 3. The van der Waals surface area contributed by atoms with Crippen LogP contribution in [0.1, 0.15) is 45.6 Å². The highest BCUT2D eigenvalue weighted by molar-refractivity contribution is 6.43. The molecule has 2 aromatic rings. The summed E-state index contributed by atoms with van der Waals surface area (Å²) in [4.78, 5) is 19.0. The molecule has 1 saturated heterocycles. The van der Waals surface area contributed by atoms with Crippen LogP contribution in [-0.4, -0.2) is 68.3 Å². The zero-order chi connectivity index (χ0) is 27.3. The lowest BCUT2D eigenvalue weighted by Crippen LogP contribution is -2.46. The van der Waals surface area contributed by atoms with Crippen LogP contribution in [0.5, 0.6) is 5.75 Å². The molecule has 9 heteroatoms. The number of aliphatic hydroxyl groups excluding tert-OH is 1. The lowest BCUT2D eigenvalue weighted by molar-refractivity contribution is -0.160. The van der Waals surface area contributed by atoms with Crippen molar-refractivity contribution in [3.8, 4) is 5.75 Å². The van der Waals surface area contributed by atoms with E-state index in [1.807, 2.05) is 57.2 Å². The Balaban J connectivity index is 1.21.